The summed E-state index contributed by atoms with van der Waals surface area (Å²) in [5.74, 6) is 5.84. The molecule has 0 aliphatic rings. The van der Waals surface area contributed by atoms with Crippen molar-refractivity contribution >= 4 is 12.6 Å². The second-order valence-corrected chi connectivity index (χ2v) is 1.48. The molecular formula is C3H10N2S. The van der Waals surface area contributed by atoms with Crippen molar-refractivity contribution in [1.82, 2.24) is 5.43 Å². The molecule has 0 aliphatic heterocycles. The maximum atomic E-state index is 4.93. The Morgan fingerprint density at radius 3 is 2.50 bits per heavy atom. The Hall–Kier alpha value is 0.270. The molecule has 0 fully saturated rings. The van der Waals surface area contributed by atoms with Gasteiger partial charge in [-0.25, -0.2) is 0 Å². The summed E-state index contributed by atoms with van der Waals surface area (Å²) < 4.78 is 0. The van der Waals surface area contributed by atoms with Crippen LogP contribution in [0.4, 0.5) is 0 Å². The Morgan fingerprint density at radius 1 is 1.67 bits per heavy atom. The van der Waals surface area contributed by atoms with E-state index in [2.05, 4.69) is 18.1 Å². The zero-order valence-corrected chi connectivity index (χ0v) is 4.54. The van der Waals surface area contributed by atoms with Gasteiger partial charge < -0.3 is 0 Å². The molecule has 0 aliphatic carbocycles. The summed E-state index contributed by atoms with van der Waals surface area (Å²) in [7, 11) is 0. The summed E-state index contributed by atoms with van der Waals surface area (Å²) in [6, 6.07) is 0. The van der Waals surface area contributed by atoms with Gasteiger partial charge in [0.05, 0.1) is 0 Å². The number of hydrogen-bond acceptors (Lipinski definition) is 3. The maximum Gasteiger partial charge on any atom is 0.0105 e. The molecule has 0 saturated carbocycles. The van der Waals surface area contributed by atoms with E-state index in [1.54, 1.807) is 0 Å². The van der Waals surface area contributed by atoms with Crippen molar-refractivity contribution in [3.8, 4) is 0 Å². The van der Waals surface area contributed by atoms with Gasteiger partial charge in [0.1, 0.15) is 0 Å². The molecule has 0 spiro atoms. The molecule has 2 nitrogen and oxygen atoms in total. The van der Waals surface area contributed by atoms with Gasteiger partial charge in [-0.15, -0.1) is 0 Å². The molecule has 0 saturated heterocycles. The van der Waals surface area contributed by atoms with Crippen LogP contribution in [0.5, 0.6) is 0 Å². The number of nitrogens with one attached hydrogen (secondary N) is 1. The first-order valence-electron chi connectivity index (χ1n) is 1.96. The third kappa shape index (κ3) is 4.27. The lowest BCUT2D eigenvalue weighted by Gasteiger charge is -1.89. The van der Waals surface area contributed by atoms with E-state index < -0.39 is 0 Å². The summed E-state index contributed by atoms with van der Waals surface area (Å²) in [6.45, 7) is 0.865. The molecule has 0 bridgehead atoms. The van der Waals surface area contributed by atoms with E-state index in [4.69, 9.17) is 5.84 Å². The van der Waals surface area contributed by atoms with E-state index in [0.29, 0.717) is 0 Å². The van der Waals surface area contributed by atoms with Crippen molar-refractivity contribution in [2.75, 3.05) is 12.3 Å². The van der Waals surface area contributed by atoms with Crippen LogP contribution in [0.2, 0.25) is 0 Å². The molecule has 0 aromatic heterocycles. The first-order valence-corrected chi connectivity index (χ1v) is 2.59. The van der Waals surface area contributed by atoms with Crippen LogP contribution >= 0.6 is 12.6 Å². The zero-order valence-electron chi connectivity index (χ0n) is 3.65. The van der Waals surface area contributed by atoms with Gasteiger partial charge >= 0.3 is 0 Å². The normalized spacial score (nSPS) is 9.00. The molecule has 6 heavy (non-hydrogen) atoms. The van der Waals surface area contributed by atoms with E-state index in [0.717, 1.165) is 18.7 Å². The standard InChI is InChI=1S/C3H10N2S/c4-5-2-1-3-6/h5-6H,1-4H2. The lowest BCUT2D eigenvalue weighted by atomic mass is 10.5. The van der Waals surface area contributed by atoms with Crippen LogP contribution in [0.25, 0.3) is 0 Å². The minimum Gasteiger partial charge on any atom is -0.271 e. The molecule has 0 amide bonds. The van der Waals surface area contributed by atoms with Crippen molar-refractivity contribution in [2.45, 2.75) is 6.42 Å². The van der Waals surface area contributed by atoms with Gasteiger partial charge in [0, 0.05) is 6.54 Å². The van der Waals surface area contributed by atoms with Crippen molar-refractivity contribution in [2.24, 2.45) is 5.84 Å². The Bertz CT molecular complexity index is 20.8. The van der Waals surface area contributed by atoms with Gasteiger partial charge in [0.2, 0.25) is 0 Å². The maximum absolute atomic E-state index is 4.93. The van der Waals surface area contributed by atoms with Crippen LogP contribution in [0.1, 0.15) is 6.42 Å². The molecule has 3 N–H and O–H groups in total. The fourth-order valence-electron chi connectivity index (χ4n) is 0.181. The number of nitrogens with two attached hydrogens (primary N) is 1. The largest absolute Gasteiger partial charge is 0.271 e. The molecule has 0 aromatic carbocycles. The molecule has 0 aromatic rings. The summed E-state index contributed by atoms with van der Waals surface area (Å²) in [5.41, 5.74) is 2.52. The van der Waals surface area contributed by atoms with Crippen molar-refractivity contribution < 1.29 is 0 Å². The highest BCUT2D eigenvalue weighted by Crippen LogP contribution is 1.76. The molecule has 0 rings (SSSR count). The first kappa shape index (κ1) is 6.27. The van der Waals surface area contributed by atoms with Crippen molar-refractivity contribution in [3.63, 3.8) is 0 Å². The van der Waals surface area contributed by atoms with Crippen LogP contribution < -0.4 is 11.3 Å². The van der Waals surface area contributed by atoms with Gasteiger partial charge in [0.15, 0.2) is 0 Å². The van der Waals surface area contributed by atoms with E-state index in [-0.39, 0.29) is 0 Å². The summed E-state index contributed by atoms with van der Waals surface area (Å²) in [5, 5.41) is 0. The van der Waals surface area contributed by atoms with Crippen LogP contribution in [0, 0.1) is 0 Å². The lowest BCUT2D eigenvalue weighted by Crippen LogP contribution is -2.22. The Balaban J connectivity index is 2.34. The number of hydrogen-bond donors (Lipinski definition) is 3. The minimum atomic E-state index is 0.865. The quantitative estimate of drug-likeness (QED) is 0.201. The van der Waals surface area contributed by atoms with Crippen LogP contribution in [-0.2, 0) is 0 Å². The highest BCUT2D eigenvalue weighted by Gasteiger charge is 1.74. The second-order valence-electron chi connectivity index (χ2n) is 1.03. The van der Waals surface area contributed by atoms with Crippen LogP contribution in [-0.4, -0.2) is 12.3 Å². The monoisotopic (exact) mass is 106 g/mol. The van der Waals surface area contributed by atoms with Crippen molar-refractivity contribution in [3.05, 3.63) is 0 Å². The van der Waals surface area contributed by atoms with Gasteiger partial charge in [-0.2, -0.15) is 12.6 Å². The Labute approximate surface area is 43.5 Å². The Kier molecular flexibility index (Phi) is 5.51. The van der Waals surface area contributed by atoms with Gasteiger partial charge in [-0.05, 0) is 12.2 Å². The summed E-state index contributed by atoms with van der Waals surface area (Å²) in [6.07, 6.45) is 1.04. The van der Waals surface area contributed by atoms with E-state index in [9.17, 15) is 0 Å². The molecule has 3 heteroatoms. The average molecular weight is 106 g/mol. The molecule has 0 radical (unpaired) electrons. The number of hydrazine groups is 1. The minimum absolute atomic E-state index is 0.865. The number of rotatable bonds is 3. The van der Waals surface area contributed by atoms with Crippen LogP contribution in [0.15, 0.2) is 0 Å². The van der Waals surface area contributed by atoms with Gasteiger partial charge in [0.25, 0.3) is 0 Å². The third-order valence-corrected chi connectivity index (χ3v) is 0.795. The summed E-state index contributed by atoms with van der Waals surface area (Å²) in [4.78, 5) is 0. The molecule has 38 valence electrons. The highest BCUT2D eigenvalue weighted by molar-refractivity contribution is 7.80. The van der Waals surface area contributed by atoms with E-state index >= 15 is 0 Å². The summed E-state index contributed by atoms with van der Waals surface area (Å²) >= 11 is 3.96. The molecule has 0 heterocycles. The van der Waals surface area contributed by atoms with Crippen molar-refractivity contribution in [1.29, 1.82) is 0 Å². The second kappa shape index (κ2) is 5.27. The Morgan fingerprint density at radius 2 is 2.33 bits per heavy atom. The molecule has 0 unspecified atom stereocenters. The lowest BCUT2D eigenvalue weighted by molar-refractivity contribution is 0.719. The van der Waals surface area contributed by atoms with E-state index in [1.165, 1.54) is 0 Å². The van der Waals surface area contributed by atoms with Gasteiger partial charge in [-0.3, -0.25) is 11.3 Å². The first-order chi connectivity index (χ1) is 2.91. The SMILES string of the molecule is NNCCCS. The smallest absolute Gasteiger partial charge is 0.0105 e. The molecular weight excluding hydrogens is 96.1 g/mol. The highest BCUT2D eigenvalue weighted by atomic mass is 32.1. The third-order valence-electron chi connectivity index (χ3n) is 0.479. The predicted octanol–water partition coefficient (Wildman–Crippen LogP) is -0.230. The van der Waals surface area contributed by atoms with E-state index in [1.807, 2.05) is 0 Å². The molecule has 0 atom stereocenters. The topological polar surface area (TPSA) is 38.0 Å². The zero-order chi connectivity index (χ0) is 4.83. The fraction of sp³-hybridized carbons (Fsp3) is 1.00. The van der Waals surface area contributed by atoms with Gasteiger partial charge in [-0.1, -0.05) is 0 Å². The number of thiol groups is 1. The van der Waals surface area contributed by atoms with Crippen LogP contribution in [0.3, 0.4) is 0 Å². The fourth-order valence-corrected chi connectivity index (χ4v) is 0.339. The predicted molar refractivity (Wildman–Crippen MR) is 30.7 cm³/mol. The average Bonchev–Trinajstić information content (AvgIpc) is 1.61.